The van der Waals surface area contributed by atoms with Crippen LogP contribution in [0.2, 0.25) is 0 Å². The first-order chi connectivity index (χ1) is 10.2. The first kappa shape index (κ1) is 14.7. The number of rotatable bonds is 4. The minimum Gasteiger partial charge on any atom is -0.496 e. The van der Waals surface area contributed by atoms with Crippen LogP contribution < -0.4 is 14.8 Å². The first-order valence-corrected chi connectivity index (χ1v) is 7.94. The summed E-state index contributed by atoms with van der Waals surface area (Å²) in [5.74, 6) is 2.02. The second-order valence-corrected chi connectivity index (χ2v) is 6.32. The number of likely N-dealkylation sites (N-methyl/N-ethyl adjacent to an activating group) is 1. The molecule has 0 aromatic heterocycles. The van der Waals surface area contributed by atoms with Crippen molar-refractivity contribution in [2.75, 3.05) is 27.2 Å². The fourth-order valence-electron chi connectivity index (χ4n) is 3.40. The average molecular weight is 290 g/mol. The molecule has 116 valence electrons. The number of nitrogens with one attached hydrogen (secondary N) is 1. The van der Waals surface area contributed by atoms with Gasteiger partial charge in [0.15, 0.2) is 0 Å². The lowest BCUT2D eigenvalue weighted by molar-refractivity contribution is 0.193. The van der Waals surface area contributed by atoms with E-state index in [1.165, 1.54) is 24.0 Å². The molecule has 0 amide bonds. The summed E-state index contributed by atoms with van der Waals surface area (Å²) in [4.78, 5) is 2.43. The standard InChI is InChI=1S/C17H26N2O2/c1-12-7-13-8-16(20-3)14(9-17(13)21-12)11-19(2)15-5-4-6-18-10-15/h8-9,12,15,18H,4-7,10-11H2,1-3H3. The number of hydrogen-bond donors (Lipinski definition) is 1. The van der Waals surface area contributed by atoms with E-state index in [9.17, 15) is 0 Å². The minimum absolute atomic E-state index is 0.278. The third-order valence-electron chi connectivity index (χ3n) is 4.61. The Balaban J connectivity index is 1.76. The average Bonchev–Trinajstić information content (AvgIpc) is 2.86. The molecule has 2 aliphatic heterocycles. The Morgan fingerprint density at radius 1 is 1.43 bits per heavy atom. The SMILES string of the molecule is COc1cc2c(cc1CN(C)C1CCCNC1)OC(C)C2. The van der Waals surface area contributed by atoms with Crippen molar-refractivity contribution in [2.45, 2.75) is 44.9 Å². The lowest BCUT2D eigenvalue weighted by atomic mass is 10.0. The van der Waals surface area contributed by atoms with E-state index in [0.717, 1.165) is 37.6 Å². The Morgan fingerprint density at radius 3 is 3.00 bits per heavy atom. The number of nitrogens with zero attached hydrogens (tertiary/aromatic N) is 1. The van der Waals surface area contributed by atoms with Crippen LogP contribution in [0.25, 0.3) is 0 Å². The van der Waals surface area contributed by atoms with Gasteiger partial charge in [0.25, 0.3) is 0 Å². The third kappa shape index (κ3) is 3.16. The molecule has 3 rings (SSSR count). The van der Waals surface area contributed by atoms with Crippen LogP contribution in [0.3, 0.4) is 0 Å². The maximum atomic E-state index is 5.89. The van der Waals surface area contributed by atoms with Crippen LogP contribution in [0.4, 0.5) is 0 Å². The first-order valence-electron chi connectivity index (χ1n) is 7.94. The van der Waals surface area contributed by atoms with Crippen molar-refractivity contribution in [3.05, 3.63) is 23.3 Å². The Kier molecular flexibility index (Phi) is 4.36. The highest BCUT2D eigenvalue weighted by Gasteiger charge is 2.24. The number of piperidine rings is 1. The van der Waals surface area contributed by atoms with Crippen molar-refractivity contribution in [1.29, 1.82) is 0 Å². The van der Waals surface area contributed by atoms with Gasteiger partial charge in [0, 0.05) is 36.7 Å². The Bertz CT molecular complexity index is 498. The van der Waals surface area contributed by atoms with Crippen molar-refractivity contribution >= 4 is 0 Å². The van der Waals surface area contributed by atoms with Crippen molar-refractivity contribution < 1.29 is 9.47 Å². The van der Waals surface area contributed by atoms with Gasteiger partial charge in [-0.1, -0.05) is 0 Å². The molecule has 2 unspecified atom stereocenters. The molecule has 2 aliphatic rings. The van der Waals surface area contributed by atoms with E-state index in [2.05, 4.69) is 36.3 Å². The fraction of sp³-hybridized carbons (Fsp3) is 0.647. The molecule has 1 saturated heterocycles. The Hall–Kier alpha value is -1.26. The molecule has 0 radical (unpaired) electrons. The molecule has 2 atom stereocenters. The summed E-state index contributed by atoms with van der Waals surface area (Å²) in [6.07, 6.45) is 3.79. The number of ether oxygens (including phenoxy) is 2. The number of methoxy groups -OCH3 is 1. The predicted octanol–water partition coefficient (Wildman–Crippen LogP) is 2.20. The maximum absolute atomic E-state index is 5.89. The van der Waals surface area contributed by atoms with Gasteiger partial charge in [-0.3, -0.25) is 4.90 Å². The van der Waals surface area contributed by atoms with Crippen LogP contribution in [0.5, 0.6) is 11.5 Å². The van der Waals surface area contributed by atoms with E-state index in [-0.39, 0.29) is 6.10 Å². The summed E-state index contributed by atoms with van der Waals surface area (Å²) < 4.78 is 11.5. The van der Waals surface area contributed by atoms with Crippen molar-refractivity contribution in [3.63, 3.8) is 0 Å². The van der Waals surface area contributed by atoms with Crippen LogP contribution in [-0.2, 0) is 13.0 Å². The molecule has 1 N–H and O–H groups in total. The van der Waals surface area contributed by atoms with Gasteiger partial charge >= 0.3 is 0 Å². The molecule has 4 heteroatoms. The highest BCUT2D eigenvalue weighted by molar-refractivity contribution is 5.48. The van der Waals surface area contributed by atoms with Crippen LogP contribution in [0.1, 0.15) is 30.9 Å². The van der Waals surface area contributed by atoms with Gasteiger partial charge in [0.05, 0.1) is 7.11 Å². The van der Waals surface area contributed by atoms with E-state index >= 15 is 0 Å². The molecule has 1 fully saturated rings. The molecule has 1 aromatic rings. The van der Waals surface area contributed by atoms with E-state index in [4.69, 9.17) is 9.47 Å². The van der Waals surface area contributed by atoms with Crippen LogP contribution in [0.15, 0.2) is 12.1 Å². The fourth-order valence-corrected chi connectivity index (χ4v) is 3.40. The van der Waals surface area contributed by atoms with Crippen LogP contribution in [0, 0.1) is 0 Å². The second kappa shape index (κ2) is 6.24. The highest BCUT2D eigenvalue weighted by Crippen LogP contribution is 2.35. The van der Waals surface area contributed by atoms with E-state index in [1.807, 2.05) is 0 Å². The monoisotopic (exact) mass is 290 g/mol. The van der Waals surface area contributed by atoms with Crippen molar-refractivity contribution in [2.24, 2.45) is 0 Å². The predicted molar refractivity (Wildman–Crippen MR) is 84.1 cm³/mol. The van der Waals surface area contributed by atoms with Gasteiger partial charge < -0.3 is 14.8 Å². The van der Waals surface area contributed by atoms with Crippen LogP contribution >= 0.6 is 0 Å². The lowest BCUT2D eigenvalue weighted by Crippen LogP contribution is -2.43. The summed E-state index contributed by atoms with van der Waals surface area (Å²) in [7, 11) is 3.96. The van der Waals surface area contributed by atoms with Gasteiger partial charge in [-0.25, -0.2) is 0 Å². The molecule has 0 aliphatic carbocycles. The molecule has 0 bridgehead atoms. The van der Waals surface area contributed by atoms with Gasteiger partial charge in [0.1, 0.15) is 17.6 Å². The summed E-state index contributed by atoms with van der Waals surface area (Å²) in [6.45, 7) is 5.25. The largest absolute Gasteiger partial charge is 0.496 e. The summed E-state index contributed by atoms with van der Waals surface area (Å²) in [5, 5.41) is 3.48. The van der Waals surface area contributed by atoms with Crippen LogP contribution in [-0.4, -0.2) is 44.3 Å². The molecular formula is C17H26N2O2. The molecule has 4 nitrogen and oxygen atoms in total. The normalized spacial score (nSPS) is 24.8. The smallest absolute Gasteiger partial charge is 0.123 e. The molecule has 21 heavy (non-hydrogen) atoms. The highest BCUT2D eigenvalue weighted by atomic mass is 16.5. The van der Waals surface area contributed by atoms with Gasteiger partial charge in [-0.2, -0.15) is 0 Å². The zero-order chi connectivity index (χ0) is 14.8. The number of fused-ring (bicyclic) bond motifs is 1. The zero-order valence-corrected chi connectivity index (χ0v) is 13.3. The van der Waals surface area contributed by atoms with Crippen molar-refractivity contribution in [1.82, 2.24) is 10.2 Å². The lowest BCUT2D eigenvalue weighted by Gasteiger charge is -2.32. The van der Waals surface area contributed by atoms with Gasteiger partial charge in [0.2, 0.25) is 0 Å². The van der Waals surface area contributed by atoms with E-state index in [0.29, 0.717) is 6.04 Å². The summed E-state index contributed by atoms with van der Waals surface area (Å²) in [6, 6.07) is 4.93. The van der Waals surface area contributed by atoms with E-state index < -0.39 is 0 Å². The quantitative estimate of drug-likeness (QED) is 0.922. The molecular weight excluding hydrogens is 264 g/mol. The summed E-state index contributed by atoms with van der Waals surface area (Å²) >= 11 is 0. The van der Waals surface area contributed by atoms with Crippen molar-refractivity contribution in [3.8, 4) is 11.5 Å². The maximum Gasteiger partial charge on any atom is 0.123 e. The minimum atomic E-state index is 0.278. The number of hydrogen-bond acceptors (Lipinski definition) is 4. The Morgan fingerprint density at radius 2 is 2.29 bits per heavy atom. The van der Waals surface area contributed by atoms with Gasteiger partial charge in [-0.15, -0.1) is 0 Å². The van der Waals surface area contributed by atoms with E-state index in [1.54, 1.807) is 7.11 Å². The third-order valence-corrected chi connectivity index (χ3v) is 4.61. The number of benzene rings is 1. The summed E-state index contributed by atoms with van der Waals surface area (Å²) in [5.41, 5.74) is 2.49. The molecule has 1 aromatic carbocycles. The molecule has 2 heterocycles. The Labute approximate surface area is 127 Å². The second-order valence-electron chi connectivity index (χ2n) is 6.32. The van der Waals surface area contributed by atoms with Gasteiger partial charge in [-0.05, 0) is 45.5 Å². The molecule has 0 spiro atoms. The zero-order valence-electron chi connectivity index (χ0n) is 13.3. The topological polar surface area (TPSA) is 33.7 Å². The molecule has 0 saturated carbocycles.